The lowest BCUT2D eigenvalue weighted by Gasteiger charge is -2.25. The van der Waals surface area contributed by atoms with E-state index in [1.807, 2.05) is 16.9 Å². The molecule has 1 unspecified atom stereocenters. The molecule has 1 aromatic carbocycles. The van der Waals surface area contributed by atoms with Crippen LogP contribution in [0.2, 0.25) is 5.02 Å². The van der Waals surface area contributed by atoms with Crippen LogP contribution in [0.3, 0.4) is 0 Å². The number of aromatic nitrogens is 2. The highest BCUT2D eigenvalue weighted by Gasteiger charge is 2.23. The highest BCUT2D eigenvalue weighted by molar-refractivity contribution is 6.31. The van der Waals surface area contributed by atoms with Gasteiger partial charge in [-0.3, -0.25) is 0 Å². The Morgan fingerprint density at radius 3 is 2.82 bits per heavy atom. The summed E-state index contributed by atoms with van der Waals surface area (Å²) in [6, 6.07) is 4.17. The van der Waals surface area contributed by atoms with E-state index in [0.717, 1.165) is 43.1 Å². The fourth-order valence-corrected chi connectivity index (χ4v) is 3.97. The highest BCUT2D eigenvalue weighted by atomic mass is 35.5. The van der Waals surface area contributed by atoms with Crippen molar-refractivity contribution in [2.45, 2.75) is 44.2 Å². The van der Waals surface area contributed by atoms with Crippen LogP contribution in [0.1, 0.15) is 49.8 Å². The molecule has 0 aliphatic carbocycles. The second-order valence-electron chi connectivity index (χ2n) is 6.36. The average Bonchev–Trinajstić information content (AvgIpc) is 2.99. The molecule has 0 spiro atoms. The standard InChI is InChI=1S/C17H22ClN3O/c18-13-9-14(12-4-6-19-7-5-12)15-11-20-21(16(15)10-13)17-3-1-2-8-22-17/h9-12,17,19H,1-8H2. The van der Waals surface area contributed by atoms with Gasteiger partial charge in [0.2, 0.25) is 0 Å². The van der Waals surface area contributed by atoms with Crippen LogP contribution in [-0.2, 0) is 4.74 Å². The largest absolute Gasteiger partial charge is 0.356 e. The predicted molar refractivity (Wildman–Crippen MR) is 88.4 cm³/mol. The Morgan fingerprint density at radius 2 is 2.05 bits per heavy atom. The smallest absolute Gasteiger partial charge is 0.150 e. The zero-order valence-electron chi connectivity index (χ0n) is 12.7. The van der Waals surface area contributed by atoms with Gasteiger partial charge in [0.25, 0.3) is 0 Å². The predicted octanol–water partition coefficient (Wildman–Crippen LogP) is 3.86. The van der Waals surface area contributed by atoms with Crippen molar-refractivity contribution in [1.29, 1.82) is 0 Å². The number of hydrogen-bond acceptors (Lipinski definition) is 3. The van der Waals surface area contributed by atoms with Gasteiger partial charge in [0.05, 0.1) is 11.7 Å². The minimum Gasteiger partial charge on any atom is -0.356 e. The number of ether oxygens (including phenoxy) is 1. The maximum atomic E-state index is 6.41. The Morgan fingerprint density at radius 1 is 1.18 bits per heavy atom. The van der Waals surface area contributed by atoms with Crippen molar-refractivity contribution in [2.75, 3.05) is 19.7 Å². The first-order valence-electron chi connectivity index (χ1n) is 8.32. The fourth-order valence-electron chi connectivity index (χ4n) is 3.75. The summed E-state index contributed by atoms with van der Waals surface area (Å²) in [4.78, 5) is 0. The van der Waals surface area contributed by atoms with Gasteiger partial charge in [0.1, 0.15) is 0 Å². The first kappa shape index (κ1) is 14.5. The number of benzene rings is 1. The molecule has 1 N–H and O–H groups in total. The Labute approximate surface area is 135 Å². The molecule has 0 bridgehead atoms. The number of nitrogens with one attached hydrogen (secondary N) is 1. The second kappa shape index (κ2) is 6.19. The number of nitrogens with zero attached hydrogens (tertiary/aromatic N) is 2. The molecule has 0 saturated carbocycles. The molecule has 3 heterocycles. The quantitative estimate of drug-likeness (QED) is 0.913. The molecule has 1 atom stereocenters. The molecule has 5 heteroatoms. The summed E-state index contributed by atoms with van der Waals surface area (Å²) in [5.74, 6) is 0.576. The van der Waals surface area contributed by atoms with Crippen molar-refractivity contribution in [2.24, 2.45) is 0 Å². The SMILES string of the molecule is Clc1cc(C2CCNCC2)c2cnn(C3CCCCO3)c2c1. The van der Waals surface area contributed by atoms with Crippen LogP contribution >= 0.6 is 11.6 Å². The third-order valence-corrected chi connectivity index (χ3v) is 5.14. The zero-order valence-corrected chi connectivity index (χ0v) is 13.5. The Hall–Kier alpha value is -1.10. The minimum atomic E-state index is 0.0607. The van der Waals surface area contributed by atoms with Gasteiger partial charge in [-0.1, -0.05) is 11.6 Å². The molecular weight excluding hydrogens is 298 g/mol. The summed E-state index contributed by atoms with van der Waals surface area (Å²) < 4.78 is 7.94. The maximum absolute atomic E-state index is 6.41. The van der Waals surface area contributed by atoms with Gasteiger partial charge in [-0.2, -0.15) is 5.10 Å². The van der Waals surface area contributed by atoms with E-state index in [-0.39, 0.29) is 6.23 Å². The van der Waals surface area contributed by atoms with E-state index in [9.17, 15) is 0 Å². The van der Waals surface area contributed by atoms with Crippen molar-refractivity contribution < 1.29 is 4.74 Å². The minimum absolute atomic E-state index is 0.0607. The van der Waals surface area contributed by atoms with Crippen LogP contribution in [0.25, 0.3) is 10.9 Å². The van der Waals surface area contributed by atoms with Crippen molar-refractivity contribution in [1.82, 2.24) is 15.1 Å². The van der Waals surface area contributed by atoms with Gasteiger partial charge in [-0.15, -0.1) is 0 Å². The van der Waals surface area contributed by atoms with Crippen molar-refractivity contribution in [3.05, 3.63) is 28.9 Å². The van der Waals surface area contributed by atoms with E-state index in [1.165, 1.54) is 30.2 Å². The summed E-state index contributed by atoms with van der Waals surface area (Å²) in [5.41, 5.74) is 2.47. The van der Waals surface area contributed by atoms with Crippen LogP contribution in [0.5, 0.6) is 0 Å². The van der Waals surface area contributed by atoms with E-state index in [4.69, 9.17) is 16.3 Å². The molecule has 2 saturated heterocycles. The third-order valence-electron chi connectivity index (χ3n) is 4.92. The molecule has 2 aliphatic rings. The first-order chi connectivity index (χ1) is 10.8. The van der Waals surface area contributed by atoms with E-state index < -0.39 is 0 Å². The summed E-state index contributed by atoms with van der Waals surface area (Å²) in [6.07, 6.45) is 7.78. The molecule has 22 heavy (non-hydrogen) atoms. The fraction of sp³-hybridized carbons (Fsp3) is 0.588. The van der Waals surface area contributed by atoms with Gasteiger partial charge in [0, 0.05) is 17.0 Å². The monoisotopic (exact) mass is 319 g/mol. The van der Waals surface area contributed by atoms with Crippen molar-refractivity contribution in [3.63, 3.8) is 0 Å². The van der Waals surface area contributed by atoms with E-state index in [1.54, 1.807) is 0 Å². The van der Waals surface area contributed by atoms with E-state index in [0.29, 0.717) is 5.92 Å². The maximum Gasteiger partial charge on any atom is 0.150 e. The van der Waals surface area contributed by atoms with Gasteiger partial charge >= 0.3 is 0 Å². The number of hydrogen-bond donors (Lipinski definition) is 1. The van der Waals surface area contributed by atoms with Crippen LogP contribution in [0.15, 0.2) is 18.3 Å². The molecule has 4 nitrogen and oxygen atoms in total. The molecule has 2 fully saturated rings. The van der Waals surface area contributed by atoms with Crippen molar-refractivity contribution in [3.8, 4) is 0 Å². The van der Waals surface area contributed by atoms with E-state index in [2.05, 4.69) is 16.5 Å². The van der Waals surface area contributed by atoms with E-state index >= 15 is 0 Å². The number of fused-ring (bicyclic) bond motifs is 1. The molecule has 118 valence electrons. The Balaban J connectivity index is 1.76. The van der Waals surface area contributed by atoms with Crippen LogP contribution in [0, 0.1) is 0 Å². The van der Waals surface area contributed by atoms with Crippen molar-refractivity contribution >= 4 is 22.5 Å². The second-order valence-corrected chi connectivity index (χ2v) is 6.80. The summed E-state index contributed by atoms with van der Waals surface area (Å²) in [5, 5.41) is 10.1. The normalized spacial score (nSPS) is 24.0. The molecular formula is C17H22ClN3O. The van der Waals surface area contributed by atoms with Gasteiger partial charge in [-0.05, 0) is 68.8 Å². The van der Waals surface area contributed by atoms with Crippen LogP contribution in [-0.4, -0.2) is 29.5 Å². The number of piperidine rings is 1. The van der Waals surface area contributed by atoms with Gasteiger partial charge < -0.3 is 10.1 Å². The number of halogens is 1. The Bertz CT molecular complexity index is 657. The lowest BCUT2D eigenvalue weighted by Crippen LogP contribution is -2.26. The lowest BCUT2D eigenvalue weighted by atomic mass is 9.88. The van der Waals surface area contributed by atoms with Gasteiger partial charge in [0.15, 0.2) is 6.23 Å². The lowest BCUT2D eigenvalue weighted by molar-refractivity contribution is -0.0366. The topological polar surface area (TPSA) is 39.1 Å². The molecule has 2 aromatic rings. The molecule has 0 amide bonds. The molecule has 2 aliphatic heterocycles. The van der Waals surface area contributed by atoms with Crippen LogP contribution < -0.4 is 5.32 Å². The summed E-state index contributed by atoms with van der Waals surface area (Å²) in [6.45, 7) is 2.99. The average molecular weight is 320 g/mol. The molecule has 0 radical (unpaired) electrons. The van der Waals surface area contributed by atoms with Crippen LogP contribution in [0.4, 0.5) is 0 Å². The third kappa shape index (κ3) is 2.64. The first-order valence-corrected chi connectivity index (χ1v) is 8.70. The van der Waals surface area contributed by atoms with Gasteiger partial charge in [-0.25, -0.2) is 4.68 Å². The molecule has 4 rings (SSSR count). The molecule has 1 aromatic heterocycles. The zero-order chi connectivity index (χ0) is 14.9. The Kier molecular flexibility index (Phi) is 4.07. The highest BCUT2D eigenvalue weighted by Crippen LogP contribution is 2.35. The number of rotatable bonds is 2. The summed E-state index contributed by atoms with van der Waals surface area (Å²) in [7, 11) is 0. The summed E-state index contributed by atoms with van der Waals surface area (Å²) >= 11 is 6.41.